The van der Waals surface area contributed by atoms with Gasteiger partial charge in [-0.15, -0.1) is 0 Å². The minimum atomic E-state index is -0.0637. The van der Waals surface area contributed by atoms with Crippen LogP contribution >= 0.6 is 11.3 Å². The van der Waals surface area contributed by atoms with Crippen molar-refractivity contribution in [1.82, 2.24) is 24.6 Å². The molecule has 1 amide bonds. The molecule has 0 spiro atoms. The number of aromatic nitrogens is 3. The van der Waals surface area contributed by atoms with E-state index >= 15 is 0 Å². The number of imidazole rings is 1. The minimum absolute atomic E-state index is 0.0637. The lowest BCUT2D eigenvalue weighted by atomic mass is 10.1. The molecule has 0 aliphatic heterocycles. The fraction of sp³-hybridized carbons (Fsp3) is 0.190. The first kappa shape index (κ1) is 18.3. The number of rotatable bonds is 6. The second-order valence-corrected chi connectivity index (χ2v) is 7.57. The molecule has 0 saturated heterocycles. The first-order chi connectivity index (χ1) is 13.6. The van der Waals surface area contributed by atoms with Crippen LogP contribution in [-0.4, -0.2) is 52.4 Å². The van der Waals surface area contributed by atoms with Gasteiger partial charge in [0.2, 0.25) is 0 Å². The third-order valence-corrected chi connectivity index (χ3v) is 5.18. The average molecular weight is 392 g/mol. The van der Waals surface area contributed by atoms with Gasteiger partial charge in [-0.25, -0.2) is 4.98 Å². The van der Waals surface area contributed by atoms with Crippen LogP contribution in [0.5, 0.6) is 0 Å². The lowest BCUT2D eigenvalue weighted by Crippen LogP contribution is -2.31. The Labute approximate surface area is 167 Å². The Morgan fingerprint density at radius 3 is 2.64 bits per heavy atom. The third-order valence-electron chi connectivity index (χ3n) is 4.50. The normalized spacial score (nSPS) is 11.2. The molecule has 3 aromatic heterocycles. The van der Waals surface area contributed by atoms with Crippen molar-refractivity contribution in [3.8, 4) is 22.5 Å². The lowest BCUT2D eigenvalue weighted by molar-refractivity contribution is 0.0951. The summed E-state index contributed by atoms with van der Waals surface area (Å²) in [4.78, 5) is 23.2. The van der Waals surface area contributed by atoms with Crippen molar-refractivity contribution in [1.29, 1.82) is 0 Å². The Morgan fingerprint density at radius 2 is 1.93 bits per heavy atom. The van der Waals surface area contributed by atoms with Crippen molar-refractivity contribution >= 4 is 22.9 Å². The van der Waals surface area contributed by atoms with Gasteiger partial charge >= 0.3 is 0 Å². The van der Waals surface area contributed by atoms with E-state index in [4.69, 9.17) is 0 Å². The number of fused-ring (bicyclic) bond motifs is 1. The zero-order valence-corrected chi connectivity index (χ0v) is 16.6. The van der Waals surface area contributed by atoms with Gasteiger partial charge < -0.3 is 10.2 Å². The molecule has 0 aliphatic carbocycles. The first-order valence-corrected chi connectivity index (χ1v) is 9.95. The van der Waals surface area contributed by atoms with Crippen LogP contribution < -0.4 is 5.32 Å². The number of carbonyl (C=O) groups is 1. The maximum Gasteiger partial charge on any atom is 0.251 e. The van der Waals surface area contributed by atoms with Crippen LogP contribution in [0.4, 0.5) is 0 Å². The summed E-state index contributed by atoms with van der Waals surface area (Å²) >= 11 is 1.66. The fourth-order valence-corrected chi connectivity index (χ4v) is 3.60. The first-order valence-electron chi connectivity index (χ1n) is 9.01. The molecule has 28 heavy (non-hydrogen) atoms. The Morgan fingerprint density at radius 1 is 1.11 bits per heavy atom. The largest absolute Gasteiger partial charge is 0.351 e. The Kier molecular flexibility index (Phi) is 5.18. The molecule has 0 unspecified atom stereocenters. The van der Waals surface area contributed by atoms with E-state index in [0.29, 0.717) is 12.1 Å². The molecule has 7 heteroatoms. The Bertz CT molecular complexity index is 1080. The summed E-state index contributed by atoms with van der Waals surface area (Å²) in [7, 11) is 3.96. The van der Waals surface area contributed by atoms with E-state index in [1.807, 2.05) is 60.1 Å². The molecule has 142 valence electrons. The van der Waals surface area contributed by atoms with E-state index in [9.17, 15) is 4.79 Å². The Balaban J connectivity index is 1.56. The summed E-state index contributed by atoms with van der Waals surface area (Å²) < 4.78 is 2.05. The molecule has 0 bridgehead atoms. The van der Waals surface area contributed by atoms with Gasteiger partial charge in [-0.3, -0.25) is 14.2 Å². The maximum atomic E-state index is 12.2. The van der Waals surface area contributed by atoms with Gasteiger partial charge in [0.05, 0.1) is 23.8 Å². The standard InChI is InChI=1S/C21H21N5OS/c1-25(2)9-8-22-21(27)16-5-3-15(4-6-16)18-13-26-19(17-7-10-28-14-17)11-24-20(26)12-23-18/h3-7,10-14H,8-9H2,1-2H3,(H,22,27). The number of benzene rings is 1. The van der Waals surface area contributed by atoms with E-state index in [0.717, 1.165) is 34.7 Å². The lowest BCUT2D eigenvalue weighted by Gasteiger charge is -2.10. The minimum Gasteiger partial charge on any atom is -0.351 e. The van der Waals surface area contributed by atoms with Crippen molar-refractivity contribution in [2.24, 2.45) is 0 Å². The fourth-order valence-electron chi connectivity index (χ4n) is 2.95. The number of amides is 1. The van der Waals surface area contributed by atoms with E-state index in [1.54, 1.807) is 17.5 Å². The molecule has 4 aromatic rings. The molecule has 1 aromatic carbocycles. The molecule has 0 radical (unpaired) electrons. The summed E-state index contributed by atoms with van der Waals surface area (Å²) in [6, 6.07) is 9.60. The number of nitrogens with one attached hydrogen (secondary N) is 1. The molecule has 0 aliphatic rings. The highest BCUT2D eigenvalue weighted by molar-refractivity contribution is 7.08. The molecule has 4 rings (SSSR count). The highest BCUT2D eigenvalue weighted by atomic mass is 32.1. The number of nitrogens with zero attached hydrogens (tertiary/aromatic N) is 4. The van der Waals surface area contributed by atoms with Gasteiger partial charge in [-0.1, -0.05) is 12.1 Å². The SMILES string of the molecule is CN(C)CCNC(=O)c1ccc(-c2cn3c(-c4ccsc4)cnc3cn2)cc1. The highest BCUT2D eigenvalue weighted by Gasteiger charge is 2.10. The van der Waals surface area contributed by atoms with Gasteiger partial charge in [0.25, 0.3) is 5.91 Å². The van der Waals surface area contributed by atoms with E-state index in [-0.39, 0.29) is 5.91 Å². The smallest absolute Gasteiger partial charge is 0.251 e. The predicted octanol–water partition coefficient (Wildman–Crippen LogP) is 3.42. The Hall–Kier alpha value is -3.03. The molecule has 1 N–H and O–H groups in total. The van der Waals surface area contributed by atoms with E-state index < -0.39 is 0 Å². The maximum absolute atomic E-state index is 12.2. The predicted molar refractivity (Wildman–Crippen MR) is 113 cm³/mol. The van der Waals surface area contributed by atoms with Crippen molar-refractivity contribution in [3.63, 3.8) is 0 Å². The van der Waals surface area contributed by atoms with Crippen LogP contribution in [0.3, 0.4) is 0 Å². The average Bonchev–Trinajstić information content (AvgIpc) is 3.36. The van der Waals surface area contributed by atoms with Crippen LogP contribution in [0.25, 0.3) is 28.2 Å². The van der Waals surface area contributed by atoms with Crippen molar-refractivity contribution in [2.45, 2.75) is 0 Å². The summed E-state index contributed by atoms with van der Waals surface area (Å²) in [6.45, 7) is 1.43. The van der Waals surface area contributed by atoms with Gasteiger partial charge in [0.1, 0.15) is 0 Å². The van der Waals surface area contributed by atoms with Crippen molar-refractivity contribution < 1.29 is 4.79 Å². The van der Waals surface area contributed by atoms with Crippen LogP contribution in [0.1, 0.15) is 10.4 Å². The second-order valence-electron chi connectivity index (χ2n) is 6.79. The second kappa shape index (κ2) is 7.92. The number of hydrogen-bond donors (Lipinski definition) is 1. The quantitative estimate of drug-likeness (QED) is 0.547. The number of thiophene rings is 1. The van der Waals surface area contributed by atoms with Crippen LogP contribution in [-0.2, 0) is 0 Å². The topological polar surface area (TPSA) is 62.5 Å². The van der Waals surface area contributed by atoms with Gasteiger partial charge in [0, 0.05) is 41.4 Å². The molecule has 0 atom stereocenters. The summed E-state index contributed by atoms with van der Waals surface area (Å²) in [6.07, 6.45) is 5.62. The van der Waals surface area contributed by atoms with Gasteiger partial charge in [0.15, 0.2) is 5.65 Å². The third kappa shape index (κ3) is 3.81. The van der Waals surface area contributed by atoms with Crippen LogP contribution in [0, 0.1) is 0 Å². The summed E-state index contributed by atoms with van der Waals surface area (Å²) in [5, 5.41) is 7.08. The number of carbonyl (C=O) groups excluding carboxylic acids is 1. The van der Waals surface area contributed by atoms with Gasteiger partial charge in [-0.2, -0.15) is 11.3 Å². The van der Waals surface area contributed by atoms with E-state index in [2.05, 4.69) is 32.1 Å². The summed E-state index contributed by atoms with van der Waals surface area (Å²) in [5.41, 5.74) is 5.42. The number of hydrogen-bond acceptors (Lipinski definition) is 5. The molecular formula is C21H21N5OS. The highest BCUT2D eigenvalue weighted by Crippen LogP contribution is 2.25. The molecule has 3 heterocycles. The van der Waals surface area contributed by atoms with Crippen LogP contribution in [0.2, 0.25) is 0 Å². The van der Waals surface area contributed by atoms with E-state index in [1.165, 1.54) is 0 Å². The zero-order chi connectivity index (χ0) is 19.5. The van der Waals surface area contributed by atoms with Gasteiger partial charge in [-0.05, 0) is 37.7 Å². The molecule has 0 fully saturated rings. The van der Waals surface area contributed by atoms with Crippen molar-refractivity contribution in [2.75, 3.05) is 27.2 Å². The zero-order valence-electron chi connectivity index (χ0n) is 15.8. The van der Waals surface area contributed by atoms with Crippen molar-refractivity contribution in [3.05, 3.63) is 65.2 Å². The summed E-state index contributed by atoms with van der Waals surface area (Å²) in [5.74, 6) is -0.0637. The molecular weight excluding hydrogens is 370 g/mol. The monoisotopic (exact) mass is 391 g/mol. The number of likely N-dealkylation sites (N-methyl/N-ethyl adjacent to an activating group) is 1. The molecule has 6 nitrogen and oxygen atoms in total. The molecule has 0 saturated carbocycles. The van der Waals surface area contributed by atoms with Crippen LogP contribution in [0.15, 0.2) is 59.7 Å².